The molecule has 20 heavy (non-hydrogen) atoms. The Bertz CT molecular complexity index is 789. The third kappa shape index (κ3) is 2.26. The van der Waals surface area contributed by atoms with Crippen molar-refractivity contribution >= 4 is 28.5 Å². The average Bonchev–Trinajstić information content (AvgIpc) is 2.47. The minimum Gasteiger partial charge on any atom is -0.497 e. The fraction of sp³-hybridized carbons (Fsp3) is 0.0667. The van der Waals surface area contributed by atoms with Gasteiger partial charge in [-0.1, -0.05) is 17.7 Å². The number of methoxy groups -OCH3 is 1. The van der Waals surface area contributed by atoms with Crippen molar-refractivity contribution in [3.05, 3.63) is 47.6 Å². The second kappa shape index (κ2) is 4.98. The number of aromatic nitrogens is 2. The molecule has 0 spiro atoms. The quantitative estimate of drug-likeness (QED) is 0.782. The van der Waals surface area contributed by atoms with Gasteiger partial charge < -0.3 is 10.5 Å². The number of anilines is 1. The largest absolute Gasteiger partial charge is 0.497 e. The van der Waals surface area contributed by atoms with Crippen LogP contribution in [-0.2, 0) is 0 Å². The first kappa shape index (κ1) is 12.7. The Labute approximate surface area is 121 Å². The number of rotatable bonds is 2. The highest BCUT2D eigenvalue weighted by molar-refractivity contribution is 6.33. The molecule has 0 bridgehead atoms. The number of hydrogen-bond acceptors (Lipinski definition) is 4. The molecule has 0 saturated carbocycles. The van der Waals surface area contributed by atoms with Gasteiger partial charge in [-0.3, -0.25) is 0 Å². The summed E-state index contributed by atoms with van der Waals surface area (Å²) in [6, 6.07) is 11.4. The molecule has 0 aliphatic rings. The van der Waals surface area contributed by atoms with Crippen LogP contribution in [0.5, 0.6) is 5.75 Å². The van der Waals surface area contributed by atoms with Crippen LogP contribution in [0.4, 0.5) is 5.95 Å². The lowest BCUT2D eigenvalue weighted by Gasteiger charge is -2.08. The van der Waals surface area contributed by atoms with Crippen LogP contribution in [0.1, 0.15) is 0 Å². The first-order valence-electron chi connectivity index (χ1n) is 6.03. The molecule has 5 heteroatoms. The second-order valence-electron chi connectivity index (χ2n) is 4.35. The Balaban J connectivity index is 2.17. The molecule has 0 amide bonds. The van der Waals surface area contributed by atoms with E-state index in [4.69, 9.17) is 22.1 Å². The summed E-state index contributed by atoms with van der Waals surface area (Å²) < 4.78 is 5.23. The van der Waals surface area contributed by atoms with E-state index >= 15 is 0 Å². The monoisotopic (exact) mass is 285 g/mol. The number of nitrogens with two attached hydrogens (primary N) is 1. The van der Waals surface area contributed by atoms with E-state index in [9.17, 15) is 0 Å². The molecule has 1 heterocycles. The maximum Gasteiger partial charge on any atom is 0.220 e. The molecule has 1 aromatic heterocycles. The third-order valence-electron chi connectivity index (χ3n) is 3.08. The highest BCUT2D eigenvalue weighted by Crippen LogP contribution is 2.32. The van der Waals surface area contributed by atoms with Gasteiger partial charge >= 0.3 is 0 Å². The van der Waals surface area contributed by atoms with Crippen LogP contribution in [0.15, 0.2) is 42.6 Å². The summed E-state index contributed by atoms with van der Waals surface area (Å²) in [7, 11) is 1.63. The molecule has 0 aliphatic heterocycles. The highest BCUT2D eigenvalue weighted by Gasteiger charge is 2.07. The molecule has 3 rings (SSSR count). The van der Waals surface area contributed by atoms with E-state index in [2.05, 4.69) is 9.97 Å². The summed E-state index contributed by atoms with van der Waals surface area (Å²) in [6.07, 6.45) is 1.70. The number of nitrogen functional groups attached to an aromatic ring is 1. The van der Waals surface area contributed by atoms with E-state index in [1.165, 1.54) is 0 Å². The lowest BCUT2D eigenvalue weighted by atomic mass is 10.0. The van der Waals surface area contributed by atoms with Crippen LogP contribution in [0.2, 0.25) is 5.02 Å². The summed E-state index contributed by atoms with van der Waals surface area (Å²) in [5.74, 6) is 1.03. The first-order chi connectivity index (χ1) is 9.67. The van der Waals surface area contributed by atoms with Crippen LogP contribution in [0.25, 0.3) is 22.0 Å². The highest BCUT2D eigenvalue weighted by atomic mass is 35.5. The van der Waals surface area contributed by atoms with Crippen LogP contribution >= 0.6 is 11.6 Å². The smallest absolute Gasteiger partial charge is 0.220 e. The van der Waals surface area contributed by atoms with Crippen LogP contribution < -0.4 is 10.5 Å². The number of benzene rings is 2. The Morgan fingerprint density at radius 2 is 2.00 bits per heavy atom. The van der Waals surface area contributed by atoms with Crippen molar-refractivity contribution in [3.8, 4) is 16.9 Å². The number of fused-ring (bicyclic) bond motifs is 1. The zero-order valence-electron chi connectivity index (χ0n) is 10.8. The van der Waals surface area contributed by atoms with E-state index in [1.807, 2.05) is 36.4 Å². The fourth-order valence-electron chi connectivity index (χ4n) is 2.07. The Morgan fingerprint density at radius 3 is 2.80 bits per heavy atom. The molecule has 2 aromatic carbocycles. The SMILES string of the molecule is COc1ccc(Cl)c(-c2ccc3nc(N)ncc3c2)c1. The molecule has 2 N–H and O–H groups in total. The van der Waals surface area contributed by atoms with Gasteiger partial charge in [0.2, 0.25) is 5.95 Å². The minimum absolute atomic E-state index is 0.268. The molecule has 4 nitrogen and oxygen atoms in total. The molecule has 0 aliphatic carbocycles. The predicted octanol–water partition coefficient (Wildman–Crippen LogP) is 3.54. The summed E-state index contributed by atoms with van der Waals surface area (Å²) in [5, 5.41) is 1.58. The van der Waals surface area contributed by atoms with Crippen LogP contribution in [0, 0.1) is 0 Å². The maximum absolute atomic E-state index is 6.26. The molecule has 0 unspecified atom stereocenters. The van der Waals surface area contributed by atoms with Gasteiger partial charge in [0.15, 0.2) is 0 Å². The van der Waals surface area contributed by atoms with E-state index in [-0.39, 0.29) is 5.95 Å². The summed E-state index contributed by atoms with van der Waals surface area (Å²) >= 11 is 6.26. The number of hydrogen-bond donors (Lipinski definition) is 1. The third-order valence-corrected chi connectivity index (χ3v) is 3.41. The Morgan fingerprint density at radius 1 is 1.15 bits per heavy atom. The van der Waals surface area contributed by atoms with E-state index < -0.39 is 0 Å². The molecule has 0 radical (unpaired) electrons. The van der Waals surface area contributed by atoms with Gasteiger partial charge in [0.1, 0.15) is 5.75 Å². The lowest BCUT2D eigenvalue weighted by Crippen LogP contribution is -1.94. The van der Waals surface area contributed by atoms with Crippen molar-refractivity contribution in [3.63, 3.8) is 0 Å². The zero-order valence-corrected chi connectivity index (χ0v) is 11.6. The van der Waals surface area contributed by atoms with Gasteiger partial charge in [0, 0.05) is 22.2 Å². The lowest BCUT2D eigenvalue weighted by molar-refractivity contribution is 0.415. The topological polar surface area (TPSA) is 61.0 Å². The number of nitrogens with zero attached hydrogens (tertiary/aromatic N) is 2. The molecule has 3 aromatic rings. The molecule has 0 saturated heterocycles. The van der Waals surface area contributed by atoms with Gasteiger partial charge in [0.25, 0.3) is 0 Å². The molecular weight excluding hydrogens is 274 g/mol. The van der Waals surface area contributed by atoms with Crippen molar-refractivity contribution < 1.29 is 4.74 Å². The normalized spacial score (nSPS) is 10.7. The second-order valence-corrected chi connectivity index (χ2v) is 4.75. The van der Waals surface area contributed by atoms with Crippen molar-refractivity contribution in [1.29, 1.82) is 0 Å². The molecular formula is C15H12ClN3O. The zero-order chi connectivity index (χ0) is 14.1. The average molecular weight is 286 g/mol. The fourth-order valence-corrected chi connectivity index (χ4v) is 2.29. The van der Waals surface area contributed by atoms with Crippen molar-refractivity contribution in [1.82, 2.24) is 9.97 Å². The maximum atomic E-state index is 6.26. The van der Waals surface area contributed by atoms with Gasteiger partial charge in [-0.25, -0.2) is 9.97 Å². The molecule has 0 fully saturated rings. The minimum atomic E-state index is 0.268. The standard InChI is InChI=1S/C15H12ClN3O/c1-20-11-3-4-13(16)12(7-11)9-2-5-14-10(6-9)8-18-15(17)19-14/h2-8H,1H3,(H2,17,18,19). The first-order valence-corrected chi connectivity index (χ1v) is 6.41. The number of halogens is 1. The molecule has 100 valence electrons. The van der Waals surface area contributed by atoms with Crippen molar-refractivity contribution in [2.24, 2.45) is 0 Å². The van der Waals surface area contributed by atoms with Gasteiger partial charge in [-0.05, 0) is 35.9 Å². The summed E-state index contributed by atoms with van der Waals surface area (Å²) in [4.78, 5) is 8.18. The van der Waals surface area contributed by atoms with E-state index in [0.717, 1.165) is 27.8 Å². The summed E-state index contributed by atoms with van der Waals surface area (Å²) in [5.41, 5.74) is 8.27. The van der Waals surface area contributed by atoms with Crippen molar-refractivity contribution in [2.75, 3.05) is 12.8 Å². The van der Waals surface area contributed by atoms with Gasteiger partial charge in [0.05, 0.1) is 12.6 Å². The predicted molar refractivity (Wildman–Crippen MR) is 80.9 cm³/mol. The Hall–Kier alpha value is -2.33. The molecule has 0 atom stereocenters. The summed E-state index contributed by atoms with van der Waals surface area (Å²) in [6.45, 7) is 0. The number of ether oxygens (including phenoxy) is 1. The van der Waals surface area contributed by atoms with E-state index in [0.29, 0.717) is 5.02 Å². The van der Waals surface area contributed by atoms with Crippen LogP contribution in [-0.4, -0.2) is 17.1 Å². The van der Waals surface area contributed by atoms with Gasteiger partial charge in [-0.2, -0.15) is 0 Å². The van der Waals surface area contributed by atoms with Crippen molar-refractivity contribution in [2.45, 2.75) is 0 Å². The van der Waals surface area contributed by atoms with Gasteiger partial charge in [-0.15, -0.1) is 0 Å². The van der Waals surface area contributed by atoms with E-state index in [1.54, 1.807) is 13.3 Å². The Kier molecular flexibility index (Phi) is 3.16. The van der Waals surface area contributed by atoms with Crippen LogP contribution in [0.3, 0.4) is 0 Å².